The number of nitrogens with one attached hydrogen (secondary N) is 1. The Hall–Kier alpha value is -3.01. The van der Waals surface area contributed by atoms with E-state index >= 15 is 0 Å². The molecule has 3 aromatic rings. The van der Waals surface area contributed by atoms with E-state index in [4.69, 9.17) is 4.74 Å². The number of carbonyl (C=O) groups excluding carboxylic acids is 1. The number of hydrogen-bond acceptors (Lipinski definition) is 4. The molecule has 1 amide bonds. The van der Waals surface area contributed by atoms with E-state index in [-0.39, 0.29) is 10.2 Å². The van der Waals surface area contributed by atoms with Gasteiger partial charge in [0.25, 0.3) is 5.91 Å². The first-order valence-electron chi connectivity index (χ1n) is 7.31. The van der Waals surface area contributed by atoms with Gasteiger partial charge in [-0.2, -0.15) is 13.2 Å². The first kappa shape index (κ1) is 18.8. The zero-order valence-corrected chi connectivity index (χ0v) is 14.0. The second-order valence-electron chi connectivity index (χ2n) is 5.13. The summed E-state index contributed by atoms with van der Waals surface area (Å²) in [6.07, 6.45) is -3.52. The lowest BCUT2D eigenvalue weighted by Gasteiger charge is -2.11. The molecule has 0 fully saturated rings. The fourth-order valence-electron chi connectivity index (χ4n) is 2.14. The van der Waals surface area contributed by atoms with Crippen molar-refractivity contribution in [1.29, 1.82) is 0 Å². The Morgan fingerprint density at radius 1 is 1.04 bits per heavy atom. The minimum absolute atomic E-state index is 0.0454. The molecular weight excluding hydrogens is 391 g/mol. The number of benzene rings is 2. The molecule has 1 aromatic heterocycles. The van der Waals surface area contributed by atoms with E-state index in [1.165, 1.54) is 12.1 Å². The molecular formula is C17H9F5N2O2S. The maximum atomic E-state index is 13.6. The highest BCUT2D eigenvalue weighted by Crippen LogP contribution is 2.39. The molecule has 0 aliphatic carbocycles. The quantitative estimate of drug-likeness (QED) is 0.590. The molecule has 4 nitrogen and oxygen atoms in total. The smallest absolute Gasteiger partial charge is 0.419 e. The number of nitrogens with zero attached hydrogens (tertiary/aromatic N) is 1. The average molecular weight is 400 g/mol. The van der Waals surface area contributed by atoms with Crippen molar-refractivity contribution in [3.05, 3.63) is 71.4 Å². The number of rotatable bonds is 4. The number of carbonyl (C=O) groups is 1. The molecule has 140 valence electrons. The number of para-hydroxylation sites is 1. The molecule has 0 spiro atoms. The largest absolute Gasteiger partial charge is 0.444 e. The van der Waals surface area contributed by atoms with Crippen LogP contribution in [0.2, 0.25) is 0 Å². The Balaban J connectivity index is 1.78. The summed E-state index contributed by atoms with van der Waals surface area (Å²) in [6, 6.07) is 7.53. The molecule has 27 heavy (non-hydrogen) atoms. The van der Waals surface area contributed by atoms with Crippen LogP contribution in [0.5, 0.6) is 10.8 Å². The van der Waals surface area contributed by atoms with E-state index in [0.717, 1.165) is 36.5 Å². The number of halogens is 5. The van der Waals surface area contributed by atoms with Gasteiger partial charge in [-0.1, -0.05) is 29.5 Å². The van der Waals surface area contributed by atoms with Gasteiger partial charge in [0.15, 0.2) is 5.13 Å². The van der Waals surface area contributed by atoms with Crippen LogP contribution in [-0.4, -0.2) is 10.9 Å². The van der Waals surface area contributed by atoms with Gasteiger partial charge in [0.05, 0.1) is 11.8 Å². The average Bonchev–Trinajstić information content (AvgIpc) is 3.01. The van der Waals surface area contributed by atoms with Crippen LogP contribution in [0.3, 0.4) is 0 Å². The van der Waals surface area contributed by atoms with E-state index in [9.17, 15) is 26.7 Å². The van der Waals surface area contributed by atoms with Crippen molar-refractivity contribution in [2.45, 2.75) is 6.18 Å². The summed E-state index contributed by atoms with van der Waals surface area (Å²) in [6.45, 7) is 0. The molecule has 0 saturated heterocycles. The lowest BCUT2D eigenvalue weighted by atomic mass is 10.2. The van der Waals surface area contributed by atoms with Gasteiger partial charge in [0.1, 0.15) is 22.9 Å². The van der Waals surface area contributed by atoms with E-state index in [1.54, 1.807) is 0 Å². The van der Waals surface area contributed by atoms with Crippen molar-refractivity contribution in [3.8, 4) is 10.8 Å². The van der Waals surface area contributed by atoms with Gasteiger partial charge in [-0.05, 0) is 24.3 Å². The molecule has 0 radical (unpaired) electrons. The third kappa shape index (κ3) is 4.22. The van der Waals surface area contributed by atoms with E-state index in [0.29, 0.717) is 11.3 Å². The summed E-state index contributed by atoms with van der Waals surface area (Å²) >= 11 is 0.704. The third-order valence-electron chi connectivity index (χ3n) is 3.30. The molecule has 0 aliphatic heterocycles. The number of ether oxygens (including phenoxy) is 1. The number of hydrogen-bond donors (Lipinski definition) is 1. The second-order valence-corrected chi connectivity index (χ2v) is 6.12. The molecule has 0 aliphatic rings. The van der Waals surface area contributed by atoms with Crippen molar-refractivity contribution < 1.29 is 31.5 Å². The Bertz CT molecular complexity index is 967. The van der Waals surface area contributed by atoms with Gasteiger partial charge < -0.3 is 4.74 Å². The van der Waals surface area contributed by atoms with Crippen molar-refractivity contribution in [2.75, 3.05) is 5.32 Å². The number of aromatic nitrogens is 1. The summed E-state index contributed by atoms with van der Waals surface area (Å²) in [7, 11) is 0. The van der Waals surface area contributed by atoms with Crippen molar-refractivity contribution >= 4 is 22.4 Å². The maximum Gasteiger partial charge on any atom is 0.419 e. The predicted molar refractivity (Wildman–Crippen MR) is 87.9 cm³/mol. The zero-order chi connectivity index (χ0) is 19.6. The SMILES string of the molecule is O=C(Nc1ncc(Oc2ccccc2C(F)(F)F)s1)c1c(F)cccc1F. The summed E-state index contributed by atoms with van der Waals surface area (Å²) < 4.78 is 71.3. The van der Waals surface area contributed by atoms with Crippen LogP contribution in [0.1, 0.15) is 15.9 Å². The lowest BCUT2D eigenvalue weighted by molar-refractivity contribution is -0.138. The van der Waals surface area contributed by atoms with E-state index < -0.39 is 40.6 Å². The summed E-state index contributed by atoms with van der Waals surface area (Å²) in [5.74, 6) is -3.63. The Morgan fingerprint density at radius 2 is 1.70 bits per heavy atom. The highest BCUT2D eigenvalue weighted by molar-refractivity contribution is 7.17. The molecule has 3 rings (SSSR count). The predicted octanol–water partition coefficient (Wildman–Crippen LogP) is 5.48. The summed E-state index contributed by atoms with van der Waals surface area (Å²) in [5.41, 5.74) is -1.77. The topological polar surface area (TPSA) is 51.2 Å². The highest BCUT2D eigenvalue weighted by atomic mass is 32.1. The van der Waals surface area contributed by atoms with E-state index in [1.807, 2.05) is 0 Å². The van der Waals surface area contributed by atoms with Crippen LogP contribution in [0, 0.1) is 11.6 Å². The number of anilines is 1. The molecule has 0 unspecified atom stereocenters. The van der Waals surface area contributed by atoms with Crippen LogP contribution in [0.4, 0.5) is 27.1 Å². The fourth-order valence-corrected chi connectivity index (χ4v) is 2.81. The van der Waals surface area contributed by atoms with Crippen LogP contribution < -0.4 is 10.1 Å². The highest BCUT2D eigenvalue weighted by Gasteiger charge is 2.34. The number of alkyl halides is 3. The van der Waals surface area contributed by atoms with Crippen LogP contribution in [-0.2, 0) is 6.18 Å². The summed E-state index contributed by atoms with van der Waals surface area (Å²) in [5, 5.41) is 2.04. The van der Waals surface area contributed by atoms with Gasteiger partial charge >= 0.3 is 6.18 Å². The van der Waals surface area contributed by atoms with E-state index in [2.05, 4.69) is 10.3 Å². The Morgan fingerprint density at radius 3 is 2.37 bits per heavy atom. The van der Waals surface area contributed by atoms with Gasteiger partial charge in [-0.25, -0.2) is 13.8 Å². The minimum atomic E-state index is -4.61. The monoisotopic (exact) mass is 400 g/mol. The molecule has 1 N–H and O–H groups in total. The van der Waals surface area contributed by atoms with Crippen molar-refractivity contribution in [3.63, 3.8) is 0 Å². The molecule has 2 aromatic carbocycles. The zero-order valence-electron chi connectivity index (χ0n) is 13.2. The maximum absolute atomic E-state index is 13.6. The van der Waals surface area contributed by atoms with Gasteiger partial charge in [-0.15, -0.1) is 0 Å². The summed E-state index contributed by atoms with van der Waals surface area (Å²) in [4.78, 5) is 15.8. The number of amides is 1. The Labute approximate surface area is 153 Å². The molecule has 10 heteroatoms. The second kappa shape index (κ2) is 7.31. The van der Waals surface area contributed by atoms with Crippen LogP contribution in [0.25, 0.3) is 0 Å². The van der Waals surface area contributed by atoms with Gasteiger partial charge in [0.2, 0.25) is 5.06 Å². The molecule has 0 atom stereocenters. The lowest BCUT2D eigenvalue weighted by Crippen LogP contribution is -2.15. The Kier molecular flexibility index (Phi) is 5.08. The number of thiazole rings is 1. The normalized spacial score (nSPS) is 11.3. The van der Waals surface area contributed by atoms with Crippen molar-refractivity contribution in [1.82, 2.24) is 4.98 Å². The standard InChI is InChI=1S/C17H9F5N2O2S/c18-10-5-3-6-11(19)14(10)15(25)24-16-23-8-13(27-16)26-12-7-2-1-4-9(12)17(20,21)22/h1-8H,(H,23,24,25). The minimum Gasteiger partial charge on any atom is -0.444 e. The van der Waals surface area contributed by atoms with Gasteiger partial charge in [-0.3, -0.25) is 10.1 Å². The van der Waals surface area contributed by atoms with Crippen LogP contribution >= 0.6 is 11.3 Å². The van der Waals surface area contributed by atoms with Gasteiger partial charge in [0, 0.05) is 0 Å². The molecule has 1 heterocycles. The fraction of sp³-hybridized carbons (Fsp3) is 0.0588. The third-order valence-corrected chi connectivity index (χ3v) is 4.09. The molecule has 0 saturated carbocycles. The first-order chi connectivity index (χ1) is 12.8. The van der Waals surface area contributed by atoms with Crippen LogP contribution in [0.15, 0.2) is 48.7 Å². The van der Waals surface area contributed by atoms with Crippen molar-refractivity contribution in [2.24, 2.45) is 0 Å². The first-order valence-corrected chi connectivity index (χ1v) is 8.12. The molecule has 0 bridgehead atoms.